The van der Waals surface area contributed by atoms with Crippen molar-refractivity contribution in [2.75, 3.05) is 13.1 Å². The van der Waals surface area contributed by atoms with Crippen LogP contribution in [0.2, 0.25) is 0 Å². The predicted molar refractivity (Wildman–Crippen MR) is 78.6 cm³/mol. The van der Waals surface area contributed by atoms with Crippen molar-refractivity contribution in [2.24, 2.45) is 5.73 Å². The maximum atomic E-state index is 12.7. The molecule has 1 fully saturated rings. The van der Waals surface area contributed by atoms with Gasteiger partial charge in [-0.05, 0) is 38.3 Å². The Morgan fingerprint density at radius 2 is 2.25 bits per heavy atom. The highest BCUT2D eigenvalue weighted by Gasteiger charge is 2.30. The number of amides is 1. The van der Waals surface area contributed by atoms with Crippen molar-refractivity contribution in [1.82, 2.24) is 4.90 Å². The molecule has 2 aromatic rings. The Morgan fingerprint density at radius 1 is 1.40 bits per heavy atom. The van der Waals surface area contributed by atoms with E-state index in [4.69, 9.17) is 10.2 Å². The molecular weight excluding hydrogens is 252 g/mol. The van der Waals surface area contributed by atoms with Gasteiger partial charge in [0.15, 0.2) is 0 Å². The van der Waals surface area contributed by atoms with E-state index in [1.54, 1.807) is 6.26 Å². The van der Waals surface area contributed by atoms with E-state index in [1.807, 2.05) is 29.2 Å². The molecule has 4 nitrogen and oxygen atoms in total. The molecule has 1 aromatic carbocycles. The van der Waals surface area contributed by atoms with Crippen molar-refractivity contribution in [3.05, 3.63) is 36.1 Å². The van der Waals surface area contributed by atoms with Gasteiger partial charge >= 0.3 is 0 Å². The summed E-state index contributed by atoms with van der Waals surface area (Å²) in [5, 5.41) is 0.905. The van der Waals surface area contributed by atoms with E-state index in [-0.39, 0.29) is 5.91 Å². The molecule has 2 heterocycles. The molecule has 0 bridgehead atoms. The number of carbonyl (C=O) groups is 1. The highest BCUT2D eigenvalue weighted by Crippen LogP contribution is 2.27. The highest BCUT2D eigenvalue weighted by molar-refractivity contribution is 6.06. The lowest BCUT2D eigenvalue weighted by atomic mass is 10.1. The average molecular weight is 272 g/mol. The SMILES string of the molecule is NCCCC1CCCN1C(=O)c1coc2ccccc12. The number of likely N-dealkylation sites (tertiary alicyclic amines) is 1. The standard InChI is InChI=1S/C16H20N2O2/c17-9-3-5-12-6-4-10-18(12)16(19)14-11-20-15-8-2-1-7-13(14)15/h1-2,7-8,11-12H,3-6,9-10,17H2. The molecule has 1 amide bonds. The smallest absolute Gasteiger partial charge is 0.257 e. The van der Waals surface area contributed by atoms with Crippen LogP contribution in [0.3, 0.4) is 0 Å². The molecule has 0 radical (unpaired) electrons. The van der Waals surface area contributed by atoms with Crippen LogP contribution in [0.4, 0.5) is 0 Å². The molecule has 4 heteroatoms. The number of hydrogen-bond donors (Lipinski definition) is 1. The zero-order valence-corrected chi connectivity index (χ0v) is 11.5. The van der Waals surface area contributed by atoms with E-state index in [0.29, 0.717) is 18.2 Å². The first-order valence-corrected chi connectivity index (χ1v) is 7.28. The summed E-state index contributed by atoms with van der Waals surface area (Å²) < 4.78 is 5.48. The van der Waals surface area contributed by atoms with E-state index < -0.39 is 0 Å². The molecule has 0 spiro atoms. The summed E-state index contributed by atoms with van der Waals surface area (Å²) in [7, 11) is 0. The Morgan fingerprint density at radius 3 is 3.10 bits per heavy atom. The maximum Gasteiger partial charge on any atom is 0.257 e. The summed E-state index contributed by atoms with van der Waals surface area (Å²) in [5.41, 5.74) is 7.03. The summed E-state index contributed by atoms with van der Waals surface area (Å²) >= 11 is 0. The van der Waals surface area contributed by atoms with Crippen LogP contribution in [0.5, 0.6) is 0 Å². The molecule has 2 N–H and O–H groups in total. The molecule has 1 aromatic heterocycles. The first kappa shape index (κ1) is 13.2. The van der Waals surface area contributed by atoms with Crippen LogP contribution in [0.25, 0.3) is 11.0 Å². The number of nitrogens with two attached hydrogens (primary N) is 1. The Balaban J connectivity index is 1.84. The van der Waals surface area contributed by atoms with Crippen LogP contribution >= 0.6 is 0 Å². The third-order valence-electron chi connectivity index (χ3n) is 4.09. The summed E-state index contributed by atoms with van der Waals surface area (Å²) in [5.74, 6) is 0.0921. The number of furan rings is 1. The Bertz CT molecular complexity index is 605. The molecule has 0 aliphatic carbocycles. The largest absolute Gasteiger partial charge is 0.463 e. The number of rotatable bonds is 4. The molecule has 0 saturated carbocycles. The van der Waals surface area contributed by atoms with Gasteiger partial charge in [-0.3, -0.25) is 4.79 Å². The molecule has 1 aliphatic rings. The molecule has 1 saturated heterocycles. The fourth-order valence-electron chi connectivity index (χ4n) is 3.05. The molecule has 106 valence electrons. The van der Waals surface area contributed by atoms with Gasteiger partial charge in [-0.15, -0.1) is 0 Å². The van der Waals surface area contributed by atoms with E-state index in [0.717, 1.165) is 43.2 Å². The first-order chi connectivity index (χ1) is 9.81. The Labute approximate surface area is 118 Å². The van der Waals surface area contributed by atoms with Gasteiger partial charge in [0.05, 0.1) is 5.56 Å². The average Bonchev–Trinajstić information content (AvgIpc) is 3.11. The normalized spacial score (nSPS) is 18.9. The fraction of sp³-hybridized carbons (Fsp3) is 0.438. The van der Waals surface area contributed by atoms with Crippen molar-refractivity contribution < 1.29 is 9.21 Å². The quantitative estimate of drug-likeness (QED) is 0.931. The van der Waals surface area contributed by atoms with E-state index in [9.17, 15) is 4.79 Å². The minimum absolute atomic E-state index is 0.0921. The lowest BCUT2D eigenvalue weighted by molar-refractivity contribution is 0.0730. The summed E-state index contributed by atoms with van der Waals surface area (Å²) in [4.78, 5) is 14.7. The van der Waals surface area contributed by atoms with E-state index in [1.165, 1.54) is 0 Å². The first-order valence-electron chi connectivity index (χ1n) is 7.28. The van der Waals surface area contributed by atoms with Crippen LogP contribution in [0, 0.1) is 0 Å². The van der Waals surface area contributed by atoms with Gasteiger partial charge < -0.3 is 15.1 Å². The van der Waals surface area contributed by atoms with Gasteiger partial charge in [0.25, 0.3) is 5.91 Å². The lowest BCUT2D eigenvalue weighted by Gasteiger charge is -2.24. The zero-order chi connectivity index (χ0) is 13.9. The predicted octanol–water partition coefficient (Wildman–Crippen LogP) is 2.78. The number of hydrogen-bond acceptors (Lipinski definition) is 3. The Kier molecular flexibility index (Phi) is 3.74. The van der Waals surface area contributed by atoms with Gasteiger partial charge in [0, 0.05) is 18.0 Å². The molecule has 20 heavy (non-hydrogen) atoms. The topological polar surface area (TPSA) is 59.5 Å². The number of nitrogens with zero attached hydrogens (tertiary/aromatic N) is 1. The molecule has 1 unspecified atom stereocenters. The lowest BCUT2D eigenvalue weighted by Crippen LogP contribution is -2.35. The van der Waals surface area contributed by atoms with Gasteiger partial charge in [-0.25, -0.2) is 0 Å². The number of para-hydroxylation sites is 1. The van der Waals surface area contributed by atoms with Crippen molar-refractivity contribution in [1.29, 1.82) is 0 Å². The Hall–Kier alpha value is -1.81. The summed E-state index contributed by atoms with van der Waals surface area (Å²) in [6, 6.07) is 8.02. The fourth-order valence-corrected chi connectivity index (χ4v) is 3.05. The summed E-state index contributed by atoms with van der Waals surface area (Å²) in [6.07, 6.45) is 5.72. The summed E-state index contributed by atoms with van der Waals surface area (Å²) in [6.45, 7) is 1.53. The third kappa shape index (κ3) is 2.31. The van der Waals surface area contributed by atoms with E-state index in [2.05, 4.69) is 0 Å². The molecule has 1 atom stereocenters. The minimum atomic E-state index is 0.0921. The van der Waals surface area contributed by atoms with E-state index >= 15 is 0 Å². The zero-order valence-electron chi connectivity index (χ0n) is 11.5. The van der Waals surface area contributed by atoms with Gasteiger partial charge in [0.2, 0.25) is 0 Å². The number of fused-ring (bicyclic) bond motifs is 1. The van der Waals surface area contributed by atoms with Crippen LogP contribution in [0.15, 0.2) is 34.9 Å². The van der Waals surface area contributed by atoms with Gasteiger partial charge in [-0.2, -0.15) is 0 Å². The maximum absolute atomic E-state index is 12.7. The van der Waals surface area contributed by atoms with Crippen molar-refractivity contribution in [2.45, 2.75) is 31.7 Å². The minimum Gasteiger partial charge on any atom is -0.463 e. The monoisotopic (exact) mass is 272 g/mol. The second-order valence-electron chi connectivity index (χ2n) is 5.37. The molecule has 3 rings (SSSR count). The van der Waals surface area contributed by atoms with Crippen molar-refractivity contribution >= 4 is 16.9 Å². The second kappa shape index (κ2) is 5.67. The molecule has 1 aliphatic heterocycles. The molecular formula is C16H20N2O2. The van der Waals surface area contributed by atoms with Crippen molar-refractivity contribution in [3.8, 4) is 0 Å². The van der Waals surface area contributed by atoms with Crippen LogP contribution in [-0.2, 0) is 0 Å². The van der Waals surface area contributed by atoms with Gasteiger partial charge in [0.1, 0.15) is 11.8 Å². The number of benzene rings is 1. The van der Waals surface area contributed by atoms with Crippen molar-refractivity contribution in [3.63, 3.8) is 0 Å². The number of carbonyl (C=O) groups excluding carboxylic acids is 1. The van der Waals surface area contributed by atoms with Gasteiger partial charge in [-0.1, -0.05) is 18.2 Å². The third-order valence-corrected chi connectivity index (χ3v) is 4.09. The highest BCUT2D eigenvalue weighted by atomic mass is 16.3. The second-order valence-corrected chi connectivity index (χ2v) is 5.37. The van der Waals surface area contributed by atoms with Crippen LogP contribution in [-0.4, -0.2) is 29.9 Å². The van der Waals surface area contributed by atoms with Crippen LogP contribution < -0.4 is 5.73 Å². The van der Waals surface area contributed by atoms with Crippen LogP contribution in [0.1, 0.15) is 36.0 Å².